The van der Waals surface area contributed by atoms with E-state index in [4.69, 9.17) is 0 Å². The molecule has 0 spiro atoms. The standard InChI is InChI=1S/C37H18F12N4S2.Pt/c1-33(2,31-25(36(44,45)46)15-52(50-31)19-5-9-29-23(13-19)21-11-17(34(38,39)40)3-7-27(21)54-29)32-26(37(47,48)49)16-53(51-32)20-6-10-30-24(14-20)22-12-18(35(41,42)43)4-8-28(22)55-30;/h3-4,7-16H,1-2H3;/q-2;+2. The van der Waals surface area contributed by atoms with Crippen LogP contribution in [0.15, 0.2) is 73.1 Å². The van der Waals surface area contributed by atoms with Gasteiger partial charge in [-0.05, 0) is 72.4 Å². The third kappa shape index (κ3) is 6.76. The molecule has 0 bridgehead atoms. The van der Waals surface area contributed by atoms with E-state index in [1.54, 1.807) is 0 Å². The zero-order valence-corrected chi connectivity index (χ0v) is 31.8. The molecule has 8 rings (SSSR count). The van der Waals surface area contributed by atoms with Crippen LogP contribution in [0.1, 0.15) is 47.5 Å². The summed E-state index contributed by atoms with van der Waals surface area (Å²) >= 11 is 2.27. The van der Waals surface area contributed by atoms with Crippen molar-refractivity contribution in [2.24, 2.45) is 0 Å². The maximum absolute atomic E-state index is 14.7. The number of hydrogen-bond donors (Lipinski definition) is 0. The van der Waals surface area contributed by atoms with Crippen LogP contribution in [-0.4, -0.2) is 19.6 Å². The summed E-state index contributed by atoms with van der Waals surface area (Å²) < 4.78 is 172. The third-order valence-corrected chi connectivity index (χ3v) is 11.4. The predicted octanol–water partition coefficient (Wildman–Crippen LogP) is 12.8. The molecule has 56 heavy (non-hydrogen) atoms. The van der Waals surface area contributed by atoms with Crippen molar-refractivity contribution < 1.29 is 73.8 Å². The zero-order chi connectivity index (χ0) is 39.6. The fourth-order valence-corrected chi connectivity index (χ4v) is 8.58. The van der Waals surface area contributed by atoms with E-state index in [2.05, 4.69) is 22.3 Å². The number of nitrogens with zero attached hydrogens (tertiary/aromatic N) is 4. The van der Waals surface area contributed by atoms with Crippen molar-refractivity contribution in [3.05, 3.63) is 119 Å². The average Bonchev–Trinajstić information content (AvgIpc) is 3.88. The summed E-state index contributed by atoms with van der Waals surface area (Å²) in [6, 6.07) is 17.1. The van der Waals surface area contributed by atoms with E-state index in [0.29, 0.717) is 31.2 Å². The molecule has 0 aliphatic carbocycles. The minimum Gasteiger partial charge on any atom is -0.265 e. The Morgan fingerprint density at radius 3 is 1.20 bits per heavy atom. The van der Waals surface area contributed by atoms with Gasteiger partial charge in [0.1, 0.15) is 0 Å². The van der Waals surface area contributed by atoms with Crippen molar-refractivity contribution in [2.75, 3.05) is 0 Å². The van der Waals surface area contributed by atoms with Crippen molar-refractivity contribution in [1.29, 1.82) is 0 Å². The summed E-state index contributed by atoms with van der Waals surface area (Å²) in [4.78, 5) is 0. The summed E-state index contributed by atoms with van der Waals surface area (Å²) in [6.45, 7) is 2.15. The minimum atomic E-state index is -5.14. The van der Waals surface area contributed by atoms with Gasteiger partial charge < -0.3 is 0 Å². The Morgan fingerprint density at radius 1 is 0.500 bits per heavy atom. The van der Waals surface area contributed by atoms with Crippen molar-refractivity contribution in [1.82, 2.24) is 19.6 Å². The van der Waals surface area contributed by atoms with Gasteiger partial charge in [-0.3, -0.25) is 9.36 Å². The largest absolute Gasteiger partial charge is 2.00 e. The summed E-state index contributed by atoms with van der Waals surface area (Å²) in [5.41, 5.74) is -8.82. The molecule has 0 aliphatic heterocycles. The first-order chi connectivity index (χ1) is 25.5. The number of thiophene rings is 2. The molecule has 0 atom stereocenters. The molecule has 4 nitrogen and oxygen atoms in total. The first-order valence-corrected chi connectivity index (χ1v) is 17.4. The van der Waals surface area contributed by atoms with E-state index in [9.17, 15) is 52.7 Å². The Bertz CT molecular complexity index is 2630. The molecule has 0 N–H and O–H groups in total. The Balaban J connectivity index is 0.00000480. The number of alkyl halides is 12. The number of fused-ring (bicyclic) bond motifs is 6. The molecular formula is C37H18F12N4PtS2. The number of benzene rings is 4. The van der Waals surface area contributed by atoms with Gasteiger partial charge in [-0.25, -0.2) is 22.7 Å². The molecule has 0 unspecified atom stereocenters. The molecule has 0 fully saturated rings. The molecule has 8 aromatic rings. The minimum absolute atomic E-state index is 0. The Morgan fingerprint density at radius 2 is 0.857 bits per heavy atom. The van der Waals surface area contributed by atoms with E-state index in [1.807, 2.05) is 0 Å². The fourth-order valence-electron chi connectivity index (χ4n) is 6.48. The predicted molar refractivity (Wildman–Crippen MR) is 183 cm³/mol. The van der Waals surface area contributed by atoms with Crippen LogP contribution in [0.3, 0.4) is 0 Å². The van der Waals surface area contributed by atoms with Crippen LogP contribution in [0.5, 0.6) is 0 Å². The van der Waals surface area contributed by atoms with Crippen LogP contribution in [0.25, 0.3) is 51.7 Å². The van der Waals surface area contributed by atoms with Gasteiger partial charge in [-0.15, -0.1) is 22.9 Å². The summed E-state index contributed by atoms with van der Waals surface area (Å²) in [7, 11) is 0. The number of rotatable bonds is 4. The summed E-state index contributed by atoms with van der Waals surface area (Å²) in [5.74, 6) is 0. The molecule has 4 aromatic carbocycles. The fraction of sp³-hybridized carbons (Fsp3) is 0.189. The van der Waals surface area contributed by atoms with Crippen LogP contribution in [0.2, 0.25) is 0 Å². The second-order valence-corrected chi connectivity index (χ2v) is 15.3. The van der Waals surface area contributed by atoms with Crippen LogP contribution >= 0.6 is 22.7 Å². The Labute approximate surface area is 329 Å². The molecular weight excluding hydrogens is 988 g/mol. The molecule has 0 radical (unpaired) electrons. The monoisotopic (exact) mass is 1010 g/mol. The summed E-state index contributed by atoms with van der Waals surface area (Å²) in [6.07, 6.45) is -18.5. The van der Waals surface area contributed by atoms with Crippen molar-refractivity contribution >= 4 is 63.0 Å². The summed E-state index contributed by atoms with van der Waals surface area (Å²) in [5, 5.41) is 9.09. The van der Waals surface area contributed by atoms with E-state index in [1.165, 1.54) is 36.4 Å². The van der Waals surface area contributed by atoms with Crippen molar-refractivity contribution in [2.45, 2.75) is 44.0 Å². The quantitative estimate of drug-likeness (QED) is 0.130. The third-order valence-electron chi connectivity index (χ3n) is 9.15. The average molecular weight is 1010 g/mol. The van der Waals surface area contributed by atoms with Crippen LogP contribution in [0, 0.1) is 12.1 Å². The second kappa shape index (κ2) is 13.1. The Kier molecular flexibility index (Phi) is 9.29. The Hall–Kier alpha value is -4.41. The normalized spacial score (nSPS) is 13.4. The van der Waals surface area contributed by atoms with Gasteiger partial charge in [0.15, 0.2) is 0 Å². The van der Waals surface area contributed by atoms with Crippen LogP contribution in [-0.2, 0) is 51.2 Å². The molecule has 19 heteroatoms. The van der Waals surface area contributed by atoms with Crippen LogP contribution in [0.4, 0.5) is 52.7 Å². The molecule has 0 amide bonds. The van der Waals surface area contributed by atoms with Crippen molar-refractivity contribution in [3.63, 3.8) is 0 Å². The van der Waals surface area contributed by atoms with Gasteiger partial charge in [0.25, 0.3) is 0 Å². The second-order valence-electron chi connectivity index (χ2n) is 13.1. The van der Waals surface area contributed by atoms with Gasteiger partial charge in [0.2, 0.25) is 0 Å². The number of aromatic nitrogens is 4. The van der Waals surface area contributed by atoms with Gasteiger partial charge in [-0.2, -0.15) is 87.1 Å². The van der Waals surface area contributed by atoms with Gasteiger partial charge in [-0.1, -0.05) is 9.40 Å². The molecule has 4 aromatic heterocycles. The molecule has 292 valence electrons. The maximum Gasteiger partial charge on any atom is 2.00 e. The van der Waals surface area contributed by atoms with Gasteiger partial charge >= 0.3 is 45.8 Å². The van der Waals surface area contributed by atoms with Crippen molar-refractivity contribution in [3.8, 4) is 11.4 Å². The maximum atomic E-state index is 14.7. The smallest absolute Gasteiger partial charge is 0.265 e. The van der Waals surface area contributed by atoms with E-state index >= 15 is 0 Å². The molecule has 0 aliphatic rings. The molecule has 0 saturated heterocycles. The molecule has 4 heterocycles. The number of halogens is 12. The zero-order valence-electron chi connectivity index (χ0n) is 27.9. The van der Waals surface area contributed by atoms with E-state index in [0.717, 1.165) is 70.2 Å². The number of hydrogen-bond acceptors (Lipinski definition) is 4. The topological polar surface area (TPSA) is 35.6 Å². The SMILES string of the molecule is CC(C)(c1nn(-c2[c-]cc3sc4ccc(C(F)(F)F)cc4c3c2)cc1C(F)(F)F)c1nn(-c2[c-]cc3sc4ccc(C(F)(F)F)cc4c3c2)cc1C(F)(F)F.[Pt+2]. The van der Waals surface area contributed by atoms with Crippen LogP contribution < -0.4 is 0 Å². The van der Waals surface area contributed by atoms with E-state index in [-0.39, 0.29) is 54.0 Å². The first kappa shape index (κ1) is 39.8. The van der Waals surface area contributed by atoms with Gasteiger partial charge in [0.05, 0.1) is 39.1 Å². The van der Waals surface area contributed by atoms with Gasteiger partial charge in [0, 0.05) is 21.8 Å². The first-order valence-electron chi connectivity index (χ1n) is 15.8. The van der Waals surface area contributed by atoms with E-state index < -0.39 is 63.8 Å². The molecule has 0 saturated carbocycles.